The van der Waals surface area contributed by atoms with Gasteiger partial charge in [0.25, 0.3) is 0 Å². The second kappa shape index (κ2) is 4.73. The largest absolute Gasteiger partial charge is 0.416 e. The Morgan fingerprint density at radius 2 is 1.89 bits per heavy atom. The first kappa shape index (κ1) is 13.1. The summed E-state index contributed by atoms with van der Waals surface area (Å²) >= 11 is 0. The first-order valence-electron chi connectivity index (χ1n) is 5.47. The normalized spacial score (nSPS) is 11.1. The second-order valence-corrected chi connectivity index (χ2v) is 4.01. The van der Waals surface area contributed by atoms with Crippen LogP contribution in [0.25, 0.3) is 11.1 Å². The quantitative estimate of drug-likeness (QED) is 0.780. The summed E-state index contributed by atoms with van der Waals surface area (Å²) in [6.45, 7) is 1.69. The van der Waals surface area contributed by atoms with Gasteiger partial charge in [0.05, 0.1) is 17.2 Å². The van der Waals surface area contributed by atoms with Crippen molar-refractivity contribution in [3.05, 3.63) is 53.3 Å². The van der Waals surface area contributed by atoms with Crippen molar-refractivity contribution in [3.8, 4) is 17.2 Å². The molecule has 0 radical (unpaired) electrons. The van der Waals surface area contributed by atoms with Crippen molar-refractivity contribution in [3.63, 3.8) is 0 Å². The number of alkyl halides is 3. The average molecular weight is 262 g/mol. The van der Waals surface area contributed by atoms with E-state index in [9.17, 15) is 13.2 Å². The lowest BCUT2D eigenvalue weighted by Crippen LogP contribution is -2.05. The molecule has 0 aliphatic carbocycles. The summed E-state index contributed by atoms with van der Waals surface area (Å²) in [6, 6.07) is 8.27. The highest BCUT2D eigenvalue weighted by Gasteiger charge is 2.31. The molecule has 0 unspecified atom stereocenters. The molecule has 2 nitrogen and oxygen atoms in total. The lowest BCUT2D eigenvalue weighted by Gasteiger charge is -2.11. The predicted molar refractivity (Wildman–Crippen MR) is 64.1 cm³/mol. The zero-order valence-corrected chi connectivity index (χ0v) is 9.99. The summed E-state index contributed by atoms with van der Waals surface area (Å²) in [5.74, 6) is 0. The molecule has 0 amide bonds. The third-order valence-corrected chi connectivity index (χ3v) is 2.76. The summed E-state index contributed by atoms with van der Waals surface area (Å²) in [5, 5.41) is 9.01. The predicted octanol–water partition coefficient (Wildman–Crippen LogP) is 3.95. The average Bonchev–Trinajstić information content (AvgIpc) is 2.37. The van der Waals surface area contributed by atoms with Gasteiger partial charge in [0.2, 0.25) is 0 Å². The summed E-state index contributed by atoms with van der Waals surface area (Å²) in [6.07, 6.45) is -2.88. The molecule has 0 aliphatic heterocycles. The number of halogens is 3. The monoisotopic (exact) mass is 262 g/mol. The summed E-state index contributed by atoms with van der Waals surface area (Å²) in [5.41, 5.74) is 0.792. The molecule has 0 fully saturated rings. The molecule has 1 aromatic carbocycles. The number of benzene rings is 1. The Balaban J connectivity index is 2.68. The van der Waals surface area contributed by atoms with E-state index >= 15 is 0 Å². The topological polar surface area (TPSA) is 36.7 Å². The fourth-order valence-corrected chi connectivity index (χ4v) is 1.81. The van der Waals surface area contributed by atoms with E-state index in [2.05, 4.69) is 4.98 Å². The smallest absolute Gasteiger partial charge is 0.261 e. The van der Waals surface area contributed by atoms with Crippen molar-refractivity contribution in [2.24, 2.45) is 0 Å². The van der Waals surface area contributed by atoms with E-state index in [-0.39, 0.29) is 11.1 Å². The van der Waals surface area contributed by atoms with Crippen LogP contribution in [0, 0.1) is 18.3 Å². The first-order valence-corrected chi connectivity index (χ1v) is 5.47. The second-order valence-electron chi connectivity index (χ2n) is 4.01. The molecule has 0 bridgehead atoms. The van der Waals surface area contributed by atoms with E-state index in [1.165, 1.54) is 6.07 Å². The zero-order chi connectivity index (χ0) is 14.0. The highest BCUT2D eigenvalue weighted by molar-refractivity contribution is 5.72. The number of rotatable bonds is 1. The molecular weight excluding hydrogens is 253 g/mol. The molecule has 96 valence electrons. The van der Waals surface area contributed by atoms with E-state index in [0.717, 1.165) is 12.1 Å². The zero-order valence-electron chi connectivity index (χ0n) is 9.99. The summed E-state index contributed by atoms with van der Waals surface area (Å²) in [4.78, 5) is 4.03. The molecule has 0 saturated heterocycles. The fourth-order valence-electron chi connectivity index (χ4n) is 1.81. The van der Waals surface area contributed by atoms with Crippen LogP contribution < -0.4 is 0 Å². The molecule has 0 spiro atoms. The van der Waals surface area contributed by atoms with Gasteiger partial charge in [-0.2, -0.15) is 18.4 Å². The van der Waals surface area contributed by atoms with Crippen LogP contribution in [0.1, 0.15) is 16.8 Å². The number of pyridine rings is 1. The van der Waals surface area contributed by atoms with Crippen LogP contribution in [0.4, 0.5) is 13.2 Å². The maximum atomic E-state index is 12.7. The fraction of sp³-hybridized carbons (Fsp3) is 0.143. The van der Waals surface area contributed by atoms with Crippen LogP contribution in [0.2, 0.25) is 0 Å². The molecule has 0 N–H and O–H groups in total. The van der Waals surface area contributed by atoms with Gasteiger partial charge in [-0.3, -0.25) is 4.98 Å². The Morgan fingerprint density at radius 1 is 1.16 bits per heavy atom. The van der Waals surface area contributed by atoms with Gasteiger partial charge in [0.1, 0.15) is 0 Å². The minimum absolute atomic E-state index is 0.198. The molecule has 2 rings (SSSR count). The third kappa shape index (κ3) is 2.58. The Morgan fingerprint density at radius 3 is 2.47 bits per heavy atom. The van der Waals surface area contributed by atoms with E-state index in [1.807, 2.05) is 6.07 Å². The van der Waals surface area contributed by atoms with Gasteiger partial charge in [-0.15, -0.1) is 0 Å². The standard InChI is InChI=1S/C14H9F3N2/c1-9-12(3-2-6-19-9)13-7-11(14(15,16)17)5-4-10(13)8-18/h2-7H,1H3. The van der Waals surface area contributed by atoms with Crippen molar-refractivity contribution >= 4 is 0 Å². The van der Waals surface area contributed by atoms with Crippen molar-refractivity contribution < 1.29 is 13.2 Å². The van der Waals surface area contributed by atoms with Crippen LogP contribution in [0.15, 0.2) is 36.5 Å². The Labute approximate surface area is 108 Å². The van der Waals surface area contributed by atoms with Crippen LogP contribution in [0.3, 0.4) is 0 Å². The minimum atomic E-state index is -4.43. The van der Waals surface area contributed by atoms with Crippen LogP contribution in [0.5, 0.6) is 0 Å². The third-order valence-electron chi connectivity index (χ3n) is 2.76. The van der Waals surface area contributed by atoms with Gasteiger partial charge in [-0.1, -0.05) is 6.07 Å². The SMILES string of the molecule is Cc1ncccc1-c1cc(C(F)(F)F)ccc1C#N. The van der Waals surface area contributed by atoms with Crippen LogP contribution >= 0.6 is 0 Å². The minimum Gasteiger partial charge on any atom is -0.261 e. The maximum Gasteiger partial charge on any atom is 0.416 e. The Bertz CT molecular complexity index is 654. The summed E-state index contributed by atoms with van der Waals surface area (Å²) < 4.78 is 38.2. The maximum absolute atomic E-state index is 12.7. The van der Waals surface area contributed by atoms with Crippen molar-refractivity contribution in [1.29, 1.82) is 5.26 Å². The van der Waals surface area contributed by atoms with E-state index in [1.54, 1.807) is 25.3 Å². The van der Waals surface area contributed by atoms with Gasteiger partial charge < -0.3 is 0 Å². The van der Waals surface area contributed by atoms with Crippen molar-refractivity contribution in [2.75, 3.05) is 0 Å². The molecule has 0 saturated carbocycles. The number of hydrogen-bond acceptors (Lipinski definition) is 2. The van der Waals surface area contributed by atoms with Gasteiger partial charge in [-0.05, 0) is 31.2 Å². The highest BCUT2D eigenvalue weighted by Crippen LogP contribution is 2.34. The van der Waals surface area contributed by atoms with Crippen LogP contribution in [-0.4, -0.2) is 4.98 Å². The molecule has 0 aliphatic rings. The van der Waals surface area contributed by atoms with Gasteiger partial charge >= 0.3 is 6.18 Å². The van der Waals surface area contributed by atoms with Crippen molar-refractivity contribution in [1.82, 2.24) is 4.98 Å². The van der Waals surface area contributed by atoms with Crippen LogP contribution in [-0.2, 0) is 6.18 Å². The van der Waals surface area contributed by atoms with E-state index in [4.69, 9.17) is 5.26 Å². The van der Waals surface area contributed by atoms with Gasteiger partial charge in [0, 0.05) is 23.0 Å². The number of nitriles is 1. The molecule has 5 heteroatoms. The Hall–Kier alpha value is -2.35. The molecule has 19 heavy (non-hydrogen) atoms. The van der Waals surface area contributed by atoms with Gasteiger partial charge in [0.15, 0.2) is 0 Å². The number of aryl methyl sites for hydroxylation is 1. The number of nitrogens with zero attached hydrogens (tertiary/aromatic N) is 2. The lowest BCUT2D eigenvalue weighted by molar-refractivity contribution is -0.137. The molecular formula is C14H9F3N2. The number of aromatic nitrogens is 1. The number of hydrogen-bond donors (Lipinski definition) is 0. The summed E-state index contributed by atoms with van der Waals surface area (Å²) in [7, 11) is 0. The lowest BCUT2D eigenvalue weighted by atomic mass is 9.97. The molecule has 1 aromatic heterocycles. The molecule has 1 heterocycles. The van der Waals surface area contributed by atoms with Gasteiger partial charge in [-0.25, -0.2) is 0 Å². The first-order chi connectivity index (χ1) is 8.93. The Kier molecular flexibility index (Phi) is 3.26. The van der Waals surface area contributed by atoms with E-state index in [0.29, 0.717) is 11.3 Å². The van der Waals surface area contributed by atoms with Crippen molar-refractivity contribution in [2.45, 2.75) is 13.1 Å². The highest BCUT2D eigenvalue weighted by atomic mass is 19.4. The molecule has 0 atom stereocenters. The molecule has 2 aromatic rings. The van der Waals surface area contributed by atoms with E-state index < -0.39 is 11.7 Å².